The number of rotatable bonds is 4. The first-order valence-electron chi connectivity index (χ1n) is 4.84. The van der Waals surface area contributed by atoms with E-state index < -0.39 is 0 Å². The monoisotopic (exact) mass is 204 g/mol. The van der Waals surface area contributed by atoms with Crippen LogP contribution in [-0.4, -0.2) is 11.7 Å². The normalized spacial score (nSPS) is 10.5. The highest BCUT2D eigenvalue weighted by Gasteiger charge is 1.98. The van der Waals surface area contributed by atoms with Gasteiger partial charge in [-0.05, 0) is 43.7 Å². The van der Waals surface area contributed by atoms with Crippen molar-refractivity contribution < 1.29 is 9.84 Å². The highest BCUT2D eigenvalue weighted by molar-refractivity contribution is 5.38. The number of allylic oxidation sites excluding steroid dienone is 2. The number of hydrogen-bond donors (Lipinski definition) is 1. The molecule has 0 spiro atoms. The van der Waals surface area contributed by atoms with Crippen molar-refractivity contribution >= 4 is 0 Å². The summed E-state index contributed by atoms with van der Waals surface area (Å²) in [7, 11) is 0. The van der Waals surface area contributed by atoms with E-state index in [1.54, 1.807) is 18.2 Å². The van der Waals surface area contributed by atoms with Crippen molar-refractivity contribution in [2.24, 2.45) is 0 Å². The number of aryl methyl sites for hydroxylation is 1. The average Bonchev–Trinajstić information content (AvgIpc) is 2.14. The van der Waals surface area contributed by atoms with E-state index in [0.29, 0.717) is 6.61 Å². The highest BCUT2D eigenvalue weighted by Crippen LogP contribution is 2.22. The molecule has 0 bridgehead atoms. The van der Waals surface area contributed by atoms with Crippen molar-refractivity contribution in [3.05, 3.63) is 48.1 Å². The average molecular weight is 204 g/mol. The van der Waals surface area contributed by atoms with E-state index in [0.717, 1.165) is 16.9 Å². The van der Waals surface area contributed by atoms with Crippen molar-refractivity contribution in [3.8, 4) is 11.5 Å². The van der Waals surface area contributed by atoms with E-state index in [9.17, 15) is 5.11 Å². The minimum atomic E-state index is 0.261. The van der Waals surface area contributed by atoms with Crippen LogP contribution in [0.15, 0.2) is 42.5 Å². The van der Waals surface area contributed by atoms with Crippen LogP contribution in [0.4, 0.5) is 0 Å². The summed E-state index contributed by atoms with van der Waals surface area (Å²) in [4.78, 5) is 0. The van der Waals surface area contributed by atoms with Gasteiger partial charge in [0, 0.05) is 0 Å². The molecule has 0 aromatic heterocycles. The largest absolute Gasteiger partial charge is 0.508 e. The fraction of sp³-hybridized carbons (Fsp3) is 0.231. The summed E-state index contributed by atoms with van der Waals surface area (Å²) in [6, 6.07) is 5.06. The van der Waals surface area contributed by atoms with E-state index in [1.165, 1.54) is 0 Å². The molecule has 0 saturated carbocycles. The summed E-state index contributed by atoms with van der Waals surface area (Å²) in [5.41, 5.74) is 1.93. The summed E-state index contributed by atoms with van der Waals surface area (Å²) in [6.45, 7) is 8.10. The second kappa shape index (κ2) is 5.25. The molecular weight excluding hydrogens is 188 g/mol. The molecule has 2 nitrogen and oxygen atoms in total. The van der Waals surface area contributed by atoms with Crippen molar-refractivity contribution in [2.45, 2.75) is 13.8 Å². The van der Waals surface area contributed by atoms with Gasteiger partial charge < -0.3 is 9.84 Å². The predicted molar refractivity (Wildman–Crippen MR) is 62.3 cm³/mol. The van der Waals surface area contributed by atoms with Crippen molar-refractivity contribution in [2.75, 3.05) is 6.61 Å². The molecule has 1 N–H and O–H groups in total. The second-order valence-electron chi connectivity index (χ2n) is 3.51. The second-order valence-corrected chi connectivity index (χ2v) is 3.51. The highest BCUT2D eigenvalue weighted by atomic mass is 16.5. The Morgan fingerprint density at radius 3 is 2.87 bits per heavy atom. The third-order valence-electron chi connectivity index (χ3n) is 1.90. The molecule has 1 aromatic rings. The minimum Gasteiger partial charge on any atom is -0.508 e. The number of aromatic hydroxyl groups is 1. The molecule has 1 aromatic carbocycles. The van der Waals surface area contributed by atoms with Gasteiger partial charge in [0.2, 0.25) is 0 Å². The molecular formula is C13H16O2. The Morgan fingerprint density at radius 1 is 1.53 bits per heavy atom. The molecule has 0 amide bonds. The molecule has 0 unspecified atom stereocenters. The van der Waals surface area contributed by atoms with Crippen molar-refractivity contribution in [1.29, 1.82) is 0 Å². The zero-order chi connectivity index (χ0) is 11.3. The lowest BCUT2D eigenvalue weighted by Crippen LogP contribution is -1.95. The number of phenolic OH excluding ortho intramolecular Hbond substituents is 1. The first-order chi connectivity index (χ1) is 7.09. The quantitative estimate of drug-likeness (QED) is 0.763. The number of benzene rings is 1. The maximum Gasteiger partial charge on any atom is 0.122 e. The SMILES string of the molecule is C=C(C)/C=C/COc1ccc(O)cc1C. The van der Waals surface area contributed by atoms with Gasteiger partial charge in [-0.2, -0.15) is 0 Å². The zero-order valence-corrected chi connectivity index (χ0v) is 9.16. The number of ether oxygens (including phenoxy) is 1. The van der Waals surface area contributed by atoms with Gasteiger partial charge in [0.15, 0.2) is 0 Å². The molecule has 0 radical (unpaired) electrons. The summed E-state index contributed by atoms with van der Waals surface area (Å²) >= 11 is 0. The summed E-state index contributed by atoms with van der Waals surface area (Å²) in [5, 5.41) is 9.20. The molecule has 0 atom stereocenters. The summed E-state index contributed by atoms with van der Waals surface area (Å²) in [6.07, 6.45) is 3.82. The molecule has 0 aliphatic carbocycles. The molecule has 0 fully saturated rings. The Bertz CT molecular complexity index is 378. The molecule has 0 heterocycles. The third-order valence-corrected chi connectivity index (χ3v) is 1.90. The van der Waals surface area contributed by atoms with E-state index in [-0.39, 0.29) is 5.75 Å². The van der Waals surface area contributed by atoms with Crippen LogP contribution in [-0.2, 0) is 0 Å². The van der Waals surface area contributed by atoms with Gasteiger partial charge in [0.25, 0.3) is 0 Å². The van der Waals surface area contributed by atoms with Crippen LogP contribution in [0.1, 0.15) is 12.5 Å². The van der Waals surface area contributed by atoms with Gasteiger partial charge in [-0.15, -0.1) is 0 Å². The maximum absolute atomic E-state index is 9.20. The number of phenols is 1. The molecule has 0 aliphatic heterocycles. The van der Waals surface area contributed by atoms with Crippen molar-refractivity contribution in [3.63, 3.8) is 0 Å². The zero-order valence-electron chi connectivity index (χ0n) is 9.16. The minimum absolute atomic E-state index is 0.261. The topological polar surface area (TPSA) is 29.5 Å². The van der Waals surface area contributed by atoms with E-state index in [2.05, 4.69) is 6.58 Å². The van der Waals surface area contributed by atoms with Gasteiger partial charge in [-0.25, -0.2) is 0 Å². The first kappa shape index (κ1) is 11.4. The fourth-order valence-electron chi connectivity index (χ4n) is 1.18. The van der Waals surface area contributed by atoms with Gasteiger partial charge in [-0.1, -0.05) is 18.2 Å². The van der Waals surface area contributed by atoms with Crippen LogP contribution in [0.25, 0.3) is 0 Å². The van der Waals surface area contributed by atoms with Gasteiger partial charge in [-0.3, -0.25) is 0 Å². The summed E-state index contributed by atoms with van der Waals surface area (Å²) in [5.74, 6) is 1.05. The lowest BCUT2D eigenvalue weighted by atomic mass is 10.2. The van der Waals surface area contributed by atoms with Crippen LogP contribution in [0, 0.1) is 6.92 Å². The molecule has 1 rings (SSSR count). The Labute approximate surface area is 90.5 Å². The molecule has 0 saturated heterocycles. The van der Waals surface area contributed by atoms with Gasteiger partial charge >= 0.3 is 0 Å². The number of hydrogen-bond acceptors (Lipinski definition) is 2. The standard InChI is InChI=1S/C13H16O2/c1-10(2)5-4-8-15-13-7-6-12(14)9-11(13)3/h4-7,9,14H,1,8H2,2-3H3/b5-4+. The van der Waals surface area contributed by atoms with Gasteiger partial charge in [0.1, 0.15) is 18.1 Å². The van der Waals surface area contributed by atoms with E-state index in [4.69, 9.17) is 4.74 Å². The molecule has 0 aliphatic rings. The third kappa shape index (κ3) is 3.90. The van der Waals surface area contributed by atoms with Crippen LogP contribution in [0.5, 0.6) is 11.5 Å². The Morgan fingerprint density at radius 2 is 2.27 bits per heavy atom. The molecule has 15 heavy (non-hydrogen) atoms. The Balaban J connectivity index is 2.54. The van der Waals surface area contributed by atoms with Crippen LogP contribution in [0.3, 0.4) is 0 Å². The van der Waals surface area contributed by atoms with Crippen LogP contribution in [0.2, 0.25) is 0 Å². The predicted octanol–water partition coefficient (Wildman–Crippen LogP) is 3.21. The molecule has 80 valence electrons. The Hall–Kier alpha value is -1.70. The Kier molecular flexibility index (Phi) is 3.98. The smallest absolute Gasteiger partial charge is 0.122 e. The summed E-state index contributed by atoms with van der Waals surface area (Å²) < 4.78 is 5.50. The van der Waals surface area contributed by atoms with Crippen molar-refractivity contribution in [1.82, 2.24) is 0 Å². The first-order valence-corrected chi connectivity index (χ1v) is 4.84. The van der Waals surface area contributed by atoms with Gasteiger partial charge in [0.05, 0.1) is 0 Å². The molecule has 2 heteroatoms. The van der Waals surface area contributed by atoms with E-state index >= 15 is 0 Å². The van der Waals surface area contributed by atoms with E-state index in [1.807, 2.05) is 26.0 Å². The maximum atomic E-state index is 9.20. The fourth-order valence-corrected chi connectivity index (χ4v) is 1.18. The van der Waals surface area contributed by atoms with Crippen LogP contribution >= 0.6 is 0 Å². The van der Waals surface area contributed by atoms with Crippen LogP contribution < -0.4 is 4.74 Å². The lowest BCUT2D eigenvalue weighted by Gasteiger charge is -2.06. The lowest BCUT2D eigenvalue weighted by molar-refractivity contribution is 0.359.